The standard InChI is InChI=1S/C23H24BrNO3S/c1-17(20-9-11-21(12-10-20)29(2,26)27)25-15-19-8-13-23(22(24)14-19)28-16-18-6-4-3-5-7-18/h3-14,17,25H,15-16H2,1-2H3. The Morgan fingerprint density at radius 1 is 0.966 bits per heavy atom. The van der Waals surface area contributed by atoms with Crippen LogP contribution in [0.2, 0.25) is 0 Å². The molecule has 3 rings (SSSR count). The van der Waals surface area contributed by atoms with Crippen molar-refractivity contribution in [2.75, 3.05) is 6.26 Å². The lowest BCUT2D eigenvalue weighted by atomic mass is 10.1. The molecule has 0 fully saturated rings. The molecule has 3 aromatic carbocycles. The predicted molar refractivity (Wildman–Crippen MR) is 120 cm³/mol. The van der Waals surface area contributed by atoms with Gasteiger partial charge in [-0.25, -0.2) is 8.42 Å². The number of halogens is 1. The SMILES string of the molecule is CC(NCc1ccc(OCc2ccccc2)c(Br)c1)c1ccc(S(C)(=O)=O)cc1. The third-order valence-corrected chi connectivity index (χ3v) is 6.40. The average Bonchev–Trinajstić information content (AvgIpc) is 2.71. The van der Waals surface area contributed by atoms with Gasteiger partial charge in [-0.05, 0) is 63.8 Å². The fraction of sp³-hybridized carbons (Fsp3) is 0.217. The van der Waals surface area contributed by atoms with Gasteiger partial charge >= 0.3 is 0 Å². The first-order valence-electron chi connectivity index (χ1n) is 9.31. The van der Waals surface area contributed by atoms with Crippen molar-refractivity contribution >= 4 is 25.8 Å². The lowest BCUT2D eigenvalue weighted by Crippen LogP contribution is -2.18. The summed E-state index contributed by atoms with van der Waals surface area (Å²) >= 11 is 3.59. The zero-order valence-electron chi connectivity index (χ0n) is 16.4. The van der Waals surface area contributed by atoms with E-state index in [0.717, 1.165) is 26.9 Å². The normalized spacial score (nSPS) is 12.5. The van der Waals surface area contributed by atoms with Crippen LogP contribution in [0.4, 0.5) is 0 Å². The minimum absolute atomic E-state index is 0.0939. The molecule has 0 heterocycles. The molecule has 0 amide bonds. The van der Waals surface area contributed by atoms with E-state index in [1.165, 1.54) is 6.26 Å². The largest absolute Gasteiger partial charge is 0.488 e. The zero-order chi connectivity index (χ0) is 20.9. The maximum atomic E-state index is 11.6. The summed E-state index contributed by atoms with van der Waals surface area (Å²) in [6.07, 6.45) is 1.22. The second-order valence-electron chi connectivity index (χ2n) is 6.98. The van der Waals surface area contributed by atoms with E-state index in [9.17, 15) is 8.42 Å². The summed E-state index contributed by atoms with van der Waals surface area (Å²) in [6.45, 7) is 3.27. The number of hydrogen-bond acceptors (Lipinski definition) is 4. The first-order valence-corrected chi connectivity index (χ1v) is 12.0. The number of sulfone groups is 1. The molecule has 152 valence electrons. The molecule has 29 heavy (non-hydrogen) atoms. The lowest BCUT2D eigenvalue weighted by molar-refractivity contribution is 0.304. The van der Waals surface area contributed by atoms with E-state index in [-0.39, 0.29) is 6.04 Å². The van der Waals surface area contributed by atoms with Gasteiger partial charge < -0.3 is 10.1 Å². The van der Waals surface area contributed by atoms with Crippen molar-refractivity contribution < 1.29 is 13.2 Å². The minimum atomic E-state index is -3.17. The molecule has 1 N–H and O–H groups in total. The Hall–Kier alpha value is -2.15. The summed E-state index contributed by atoms with van der Waals surface area (Å²) in [5, 5.41) is 3.47. The molecule has 1 atom stereocenters. The lowest BCUT2D eigenvalue weighted by Gasteiger charge is -2.16. The molecule has 0 aromatic heterocycles. The Morgan fingerprint density at radius 2 is 1.66 bits per heavy atom. The first kappa shape index (κ1) is 21.6. The zero-order valence-corrected chi connectivity index (χ0v) is 18.8. The van der Waals surface area contributed by atoms with Gasteiger partial charge in [0.25, 0.3) is 0 Å². The van der Waals surface area contributed by atoms with Crippen molar-refractivity contribution in [1.82, 2.24) is 5.32 Å². The van der Waals surface area contributed by atoms with Gasteiger partial charge in [-0.15, -0.1) is 0 Å². The smallest absolute Gasteiger partial charge is 0.175 e. The molecule has 6 heteroatoms. The van der Waals surface area contributed by atoms with Gasteiger partial charge in [-0.1, -0.05) is 48.5 Å². The predicted octanol–water partition coefficient (Wildman–Crippen LogP) is 5.28. The maximum Gasteiger partial charge on any atom is 0.175 e. The summed E-state index contributed by atoms with van der Waals surface area (Å²) in [4.78, 5) is 0.337. The second-order valence-corrected chi connectivity index (χ2v) is 9.85. The number of nitrogens with one attached hydrogen (secondary N) is 1. The van der Waals surface area contributed by atoms with Crippen LogP contribution in [0.3, 0.4) is 0 Å². The molecule has 3 aromatic rings. The number of rotatable bonds is 8. The Kier molecular flexibility index (Phi) is 7.11. The van der Waals surface area contributed by atoms with Gasteiger partial charge in [-0.3, -0.25) is 0 Å². The van der Waals surface area contributed by atoms with Crippen molar-refractivity contribution in [3.63, 3.8) is 0 Å². The van der Waals surface area contributed by atoms with Crippen LogP contribution in [0.5, 0.6) is 5.75 Å². The summed E-state index contributed by atoms with van der Waals surface area (Å²) in [5.41, 5.74) is 3.30. The molecule has 0 spiro atoms. The van der Waals surface area contributed by atoms with Gasteiger partial charge in [0.15, 0.2) is 9.84 Å². The van der Waals surface area contributed by atoms with Crippen molar-refractivity contribution in [2.45, 2.75) is 31.0 Å². The van der Waals surface area contributed by atoms with Crippen LogP contribution in [0.1, 0.15) is 29.7 Å². The molecular formula is C23H24BrNO3S. The number of benzene rings is 3. The molecular weight excluding hydrogens is 450 g/mol. The minimum Gasteiger partial charge on any atom is -0.488 e. The fourth-order valence-electron chi connectivity index (χ4n) is 2.90. The van der Waals surface area contributed by atoms with E-state index >= 15 is 0 Å². The highest BCUT2D eigenvalue weighted by atomic mass is 79.9. The van der Waals surface area contributed by atoms with Crippen LogP contribution in [0.15, 0.2) is 82.2 Å². The van der Waals surface area contributed by atoms with E-state index < -0.39 is 9.84 Å². The molecule has 0 aliphatic rings. The summed E-state index contributed by atoms with van der Waals surface area (Å²) in [6, 6.07) is 23.2. The molecule has 0 saturated heterocycles. The van der Waals surface area contributed by atoms with Crippen LogP contribution in [0, 0.1) is 0 Å². The van der Waals surface area contributed by atoms with Gasteiger partial charge in [0, 0.05) is 18.8 Å². The van der Waals surface area contributed by atoms with E-state index in [2.05, 4.69) is 28.2 Å². The Morgan fingerprint density at radius 3 is 2.28 bits per heavy atom. The van der Waals surface area contributed by atoms with E-state index in [4.69, 9.17) is 4.74 Å². The van der Waals surface area contributed by atoms with Crippen molar-refractivity contribution in [3.05, 3.63) is 94.0 Å². The summed E-state index contributed by atoms with van der Waals surface area (Å²) in [7, 11) is -3.17. The van der Waals surface area contributed by atoms with Gasteiger partial charge in [0.05, 0.1) is 9.37 Å². The van der Waals surface area contributed by atoms with Crippen LogP contribution in [0.25, 0.3) is 0 Å². The summed E-state index contributed by atoms with van der Waals surface area (Å²) in [5.74, 6) is 0.807. The van der Waals surface area contributed by atoms with E-state index in [1.54, 1.807) is 12.1 Å². The highest BCUT2D eigenvalue weighted by Crippen LogP contribution is 2.27. The fourth-order valence-corrected chi connectivity index (χ4v) is 4.07. The molecule has 0 radical (unpaired) electrons. The third kappa shape index (κ3) is 6.16. The van der Waals surface area contributed by atoms with Gasteiger partial charge in [0.1, 0.15) is 12.4 Å². The van der Waals surface area contributed by atoms with Crippen molar-refractivity contribution in [1.29, 1.82) is 0 Å². The molecule has 0 aliphatic carbocycles. The molecule has 1 unspecified atom stereocenters. The first-order chi connectivity index (χ1) is 13.8. The monoisotopic (exact) mass is 473 g/mol. The van der Waals surface area contributed by atoms with Crippen molar-refractivity contribution in [3.8, 4) is 5.75 Å². The maximum absolute atomic E-state index is 11.6. The van der Waals surface area contributed by atoms with Crippen molar-refractivity contribution in [2.24, 2.45) is 0 Å². The molecule has 0 saturated carbocycles. The van der Waals surface area contributed by atoms with Gasteiger partial charge in [-0.2, -0.15) is 0 Å². The Bertz CT molecular complexity index is 1050. The van der Waals surface area contributed by atoms with Crippen LogP contribution >= 0.6 is 15.9 Å². The number of hydrogen-bond donors (Lipinski definition) is 1. The van der Waals surface area contributed by atoms with Crippen LogP contribution in [-0.4, -0.2) is 14.7 Å². The Labute approximate surface area is 181 Å². The summed E-state index contributed by atoms with van der Waals surface area (Å²) < 4.78 is 30.0. The van der Waals surface area contributed by atoms with Gasteiger partial charge in [0.2, 0.25) is 0 Å². The van der Waals surface area contributed by atoms with Crippen LogP contribution < -0.4 is 10.1 Å². The molecule has 4 nitrogen and oxygen atoms in total. The average molecular weight is 474 g/mol. The molecule has 0 bridgehead atoms. The highest BCUT2D eigenvalue weighted by molar-refractivity contribution is 9.10. The Balaban J connectivity index is 1.57. The number of ether oxygens (including phenoxy) is 1. The topological polar surface area (TPSA) is 55.4 Å². The molecule has 0 aliphatic heterocycles. The highest BCUT2D eigenvalue weighted by Gasteiger charge is 2.10. The second kappa shape index (κ2) is 9.57. The van der Waals surface area contributed by atoms with Crippen LogP contribution in [-0.2, 0) is 23.0 Å². The quantitative estimate of drug-likeness (QED) is 0.483. The van der Waals surface area contributed by atoms with E-state index in [0.29, 0.717) is 18.0 Å². The third-order valence-electron chi connectivity index (χ3n) is 4.65. The van der Waals surface area contributed by atoms with E-state index in [1.807, 2.05) is 60.7 Å².